The zero-order chi connectivity index (χ0) is 16.1. The Labute approximate surface area is 151 Å². The Balaban J connectivity index is 0.00000192. The van der Waals surface area contributed by atoms with Gasteiger partial charge in [0, 0.05) is 22.3 Å². The van der Waals surface area contributed by atoms with Gasteiger partial charge in [0.15, 0.2) is 0 Å². The van der Waals surface area contributed by atoms with E-state index < -0.39 is 24.1 Å². The van der Waals surface area contributed by atoms with Crippen LogP contribution in [0.2, 0.25) is 0 Å². The molecule has 0 radical (unpaired) electrons. The molecule has 0 amide bonds. The number of hydrogen-bond donors (Lipinski definition) is 0. The van der Waals surface area contributed by atoms with Gasteiger partial charge in [-0.15, -0.1) is 0 Å². The number of rotatable bonds is 1. The Hall–Kier alpha value is -0.934. The molecular formula is C10H7KN6O. The fraction of sp³-hybridized carbons (Fsp3) is 0.100. The van der Waals surface area contributed by atoms with Crippen molar-refractivity contribution in [3.05, 3.63) is 40.4 Å². The van der Waals surface area contributed by atoms with E-state index in [1.165, 1.54) is 12.3 Å². The second-order valence-corrected chi connectivity index (χ2v) is 3.13. The fourth-order valence-corrected chi connectivity index (χ4v) is 1.39. The molecule has 3 rings (SSSR count). The third-order valence-electron chi connectivity index (χ3n) is 2.15. The second-order valence-electron chi connectivity index (χ2n) is 3.13. The van der Waals surface area contributed by atoms with Crippen LogP contribution in [0, 0.1) is 6.85 Å². The molecule has 7 nitrogen and oxygen atoms in total. The topological polar surface area (TPSA) is 87.1 Å². The van der Waals surface area contributed by atoms with E-state index in [-0.39, 0.29) is 74.5 Å². The van der Waals surface area contributed by atoms with Gasteiger partial charge in [0.25, 0.3) is 5.56 Å². The summed E-state index contributed by atoms with van der Waals surface area (Å²) in [5, 5.41) is 13.5. The van der Waals surface area contributed by atoms with Crippen molar-refractivity contribution in [3.8, 4) is 11.4 Å². The van der Waals surface area contributed by atoms with Crippen LogP contribution in [0.15, 0.2) is 29.3 Å². The molecule has 3 heterocycles. The number of aryl methyl sites for hydroxylation is 1. The Morgan fingerprint density at radius 1 is 1.56 bits per heavy atom. The molecule has 0 aliphatic carbocycles. The van der Waals surface area contributed by atoms with Crippen LogP contribution < -0.4 is 62.0 Å². The van der Waals surface area contributed by atoms with Crippen LogP contribution >= 0.6 is 0 Å². The molecule has 0 aliphatic heterocycles. The van der Waals surface area contributed by atoms with E-state index in [0.717, 1.165) is 4.40 Å². The van der Waals surface area contributed by atoms with Gasteiger partial charge in [-0.1, -0.05) is 6.04 Å². The largest absolute Gasteiger partial charge is 1.00 e. The zero-order valence-corrected chi connectivity index (χ0v) is 12.4. The summed E-state index contributed by atoms with van der Waals surface area (Å²) in [5.74, 6) is -0.165. The molecule has 0 saturated carbocycles. The minimum atomic E-state index is -2.64. The zero-order valence-electron chi connectivity index (χ0n) is 14.2. The van der Waals surface area contributed by atoms with E-state index in [1.54, 1.807) is 0 Å². The monoisotopic (exact) mass is 271 g/mol. The van der Waals surface area contributed by atoms with E-state index in [1.807, 2.05) is 0 Å². The van der Waals surface area contributed by atoms with E-state index in [9.17, 15) is 4.79 Å². The number of tetrazole rings is 1. The van der Waals surface area contributed by atoms with Crippen molar-refractivity contribution < 1.29 is 58.2 Å². The first-order chi connectivity index (χ1) is 10.3. The minimum absolute atomic E-state index is 0. The maximum absolute atomic E-state index is 12.5. The van der Waals surface area contributed by atoms with Crippen LogP contribution in [0.4, 0.5) is 0 Å². The average molecular weight is 271 g/mol. The molecular weight excluding hydrogens is 259 g/mol. The van der Waals surface area contributed by atoms with Gasteiger partial charge in [0.05, 0.1) is 8.30 Å². The SMILES string of the molecule is [2H]c1ccn2c(=O)c(-c3nnn[n-]3)c([2H])nc2c1C([2H])([2H])[2H].[K+]. The van der Waals surface area contributed by atoms with Crippen molar-refractivity contribution in [3.63, 3.8) is 0 Å². The molecule has 0 spiro atoms. The number of aromatic nitrogens is 6. The van der Waals surface area contributed by atoms with Crippen LogP contribution in [0.25, 0.3) is 17.0 Å². The third-order valence-corrected chi connectivity index (χ3v) is 2.15. The fourth-order valence-electron chi connectivity index (χ4n) is 1.39. The van der Waals surface area contributed by atoms with Gasteiger partial charge in [0.2, 0.25) is 0 Å². The summed E-state index contributed by atoms with van der Waals surface area (Å²) in [6.45, 7) is -2.64. The van der Waals surface area contributed by atoms with Crippen molar-refractivity contribution in [1.82, 2.24) is 30.0 Å². The molecule has 18 heavy (non-hydrogen) atoms. The van der Waals surface area contributed by atoms with Crippen molar-refractivity contribution in [2.45, 2.75) is 6.85 Å². The Morgan fingerprint density at radius 3 is 3.17 bits per heavy atom. The molecule has 0 fully saturated rings. The summed E-state index contributed by atoms with van der Waals surface area (Å²) in [6.07, 6.45) is 0.713. The summed E-state index contributed by atoms with van der Waals surface area (Å²) in [6, 6.07) is 0.889. The molecule has 0 aromatic carbocycles. The minimum Gasteiger partial charge on any atom is -0.330 e. The summed E-state index contributed by atoms with van der Waals surface area (Å²) in [5.41, 5.74) is -1.63. The van der Waals surface area contributed by atoms with Gasteiger partial charge in [-0.3, -0.25) is 19.5 Å². The smallest absolute Gasteiger partial charge is 0.330 e. The van der Waals surface area contributed by atoms with Crippen molar-refractivity contribution in [2.75, 3.05) is 0 Å². The van der Waals surface area contributed by atoms with Crippen LogP contribution in [0.1, 0.15) is 12.4 Å². The van der Waals surface area contributed by atoms with Gasteiger partial charge in [0.1, 0.15) is 5.65 Å². The van der Waals surface area contributed by atoms with Crippen LogP contribution in [0.3, 0.4) is 0 Å². The normalized spacial score (nSPS) is 15.0. The molecule has 0 N–H and O–H groups in total. The first-order valence-electron chi connectivity index (χ1n) is 7.03. The van der Waals surface area contributed by atoms with E-state index >= 15 is 0 Å². The maximum atomic E-state index is 12.5. The molecule has 0 unspecified atom stereocenters. The molecule has 3 aromatic rings. The van der Waals surface area contributed by atoms with E-state index in [4.69, 9.17) is 6.85 Å². The van der Waals surface area contributed by atoms with Gasteiger partial charge in [-0.05, 0) is 18.5 Å². The average Bonchev–Trinajstić information content (AvgIpc) is 2.90. The summed E-state index contributed by atoms with van der Waals surface area (Å²) >= 11 is 0. The van der Waals surface area contributed by atoms with Crippen LogP contribution in [-0.2, 0) is 0 Å². The first kappa shape index (κ1) is 8.28. The van der Waals surface area contributed by atoms with Gasteiger partial charge in [-0.2, -0.15) is 5.21 Å². The predicted octanol–water partition coefficient (Wildman–Crippen LogP) is -3.18. The van der Waals surface area contributed by atoms with E-state index in [0.29, 0.717) is 0 Å². The Bertz CT molecular complexity index is 922. The van der Waals surface area contributed by atoms with Crippen LogP contribution in [-0.4, -0.2) is 24.9 Å². The summed E-state index contributed by atoms with van der Waals surface area (Å²) in [4.78, 5) is 16.3. The molecule has 0 bridgehead atoms. The molecule has 0 aliphatic rings. The maximum Gasteiger partial charge on any atom is 1.00 e. The first-order valence-corrected chi connectivity index (χ1v) is 4.53. The van der Waals surface area contributed by atoms with Crippen molar-refractivity contribution in [2.24, 2.45) is 0 Å². The van der Waals surface area contributed by atoms with Crippen LogP contribution in [0.5, 0.6) is 0 Å². The van der Waals surface area contributed by atoms with E-state index in [2.05, 4.69) is 25.6 Å². The third kappa shape index (κ3) is 2.17. The number of nitrogens with zero attached hydrogens (tertiary/aromatic N) is 6. The standard InChI is InChI=1S/C10H7N6O.K/c1-6-3-2-4-16-9(6)11-5-7(10(16)17)8-12-14-15-13-8;/h2-5H,1H3;/q-1;+1/i1D3,3D,5D;. The number of fused-ring (bicyclic) bond motifs is 1. The van der Waals surface area contributed by atoms with Gasteiger partial charge < -0.3 is 5.10 Å². The molecule has 3 aromatic heterocycles. The summed E-state index contributed by atoms with van der Waals surface area (Å²) in [7, 11) is 0. The van der Waals surface area contributed by atoms with Gasteiger partial charge >= 0.3 is 51.4 Å². The second kappa shape index (κ2) is 5.37. The predicted molar refractivity (Wildman–Crippen MR) is 58.3 cm³/mol. The molecule has 84 valence electrons. The Kier molecular flexibility index (Phi) is 2.47. The Morgan fingerprint density at radius 2 is 2.44 bits per heavy atom. The van der Waals surface area contributed by atoms with Crippen molar-refractivity contribution in [1.29, 1.82) is 0 Å². The molecule has 8 heteroatoms. The number of pyridine rings is 1. The van der Waals surface area contributed by atoms with Crippen molar-refractivity contribution >= 4 is 5.65 Å². The number of hydrogen-bond acceptors (Lipinski definition) is 5. The molecule has 0 saturated heterocycles. The molecule has 0 atom stereocenters. The van der Waals surface area contributed by atoms with Gasteiger partial charge in [-0.25, -0.2) is 4.98 Å². The quantitative estimate of drug-likeness (QED) is 0.434. The summed E-state index contributed by atoms with van der Waals surface area (Å²) < 4.78 is 39.0.